The molecule has 1 saturated heterocycles. The van der Waals surface area contributed by atoms with E-state index < -0.39 is 26.6 Å². The number of aromatic nitrogens is 1. The van der Waals surface area contributed by atoms with Crippen molar-refractivity contribution < 1.29 is 17.2 Å². The molecule has 9 heteroatoms. The number of nitrogens with one attached hydrogen (secondary N) is 1. The Balaban J connectivity index is 1.73. The van der Waals surface area contributed by atoms with Crippen molar-refractivity contribution in [2.75, 3.05) is 18.0 Å². The van der Waals surface area contributed by atoms with E-state index in [0.29, 0.717) is 25.6 Å². The maximum absolute atomic E-state index is 13.6. The van der Waals surface area contributed by atoms with E-state index in [1.807, 2.05) is 10.3 Å². The number of nitrogens with zero attached hydrogens (tertiary/aromatic N) is 2. The quantitative estimate of drug-likeness (QED) is 0.920. The molecule has 0 spiro atoms. The van der Waals surface area contributed by atoms with Crippen LogP contribution in [0.3, 0.4) is 0 Å². The second-order valence-electron chi connectivity index (χ2n) is 4.94. The van der Waals surface area contributed by atoms with Gasteiger partial charge in [0.05, 0.1) is 0 Å². The van der Waals surface area contributed by atoms with Crippen molar-refractivity contribution in [1.29, 1.82) is 0 Å². The van der Waals surface area contributed by atoms with Crippen molar-refractivity contribution in [2.24, 2.45) is 0 Å². The zero-order valence-corrected chi connectivity index (χ0v) is 13.0. The second kappa shape index (κ2) is 5.90. The fourth-order valence-corrected chi connectivity index (χ4v) is 4.38. The first-order valence-corrected chi connectivity index (χ1v) is 8.94. The topological polar surface area (TPSA) is 62.3 Å². The molecule has 0 saturated carbocycles. The van der Waals surface area contributed by atoms with Crippen LogP contribution in [-0.4, -0.2) is 32.5 Å². The zero-order valence-electron chi connectivity index (χ0n) is 11.4. The average Bonchev–Trinajstić information content (AvgIpc) is 3.07. The third kappa shape index (κ3) is 3.11. The molecule has 1 unspecified atom stereocenters. The van der Waals surface area contributed by atoms with Crippen LogP contribution in [0.4, 0.5) is 13.9 Å². The van der Waals surface area contributed by atoms with Crippen LogP contribution in [0.25, 0.3) is 0 Å². The van der Waals surface area contributed by atoms with E-state index in [4.69, 9.17) is 0 Å². The number of halogens is 2. The molecule has 1 aromatic heterocycles. The number of hydrogen-bond donors (Lipinski definition) is 1. The van der Waals surface area contributed by atoms with E-state index in [0.717, 1.165) is 17.3 Å². The highest BCUT2D eigenvalue weighted by Crippen LogP contribution is 2.23. The standard InChI is InChI=1S/C13H13F2N3O2S2/c14-9-1-2-12(11(15)7-9)22(19,20)17-10-3-5-18(8-10)13-16-4-6-21-13/h1-2,4,6-7,10,17H,3,5,8H2. The first-order valence-electron chi connectivity index (χ1n) is 6.57. The van der Waals surface area contributed by atoms with Crippen LogP contribution >= 0.6 is 11.3 Å². The van der Waals surface area contributed by atoms with Crippen molar-refractivity contribution in [3.8, 4) is 0 Å². The Morgan fingerprint density at radius 1 is 1.36 bits per heavy atom. The van der Waals surface area contributed by atoms with Gasteiger partial charge in [0, 0.05) is 36.8 Å². The Morgan fingerprint density at radius 3 is 2.86 bits per heavy atom. The van der Waals surface area contributed by atoms with Crippen molar-refractivity contribution >= 4 is 26.5 Å². The Labute approximate surface area is 130 Å². The van der Waals surface area contributed by atoms with Crippen LogP contribution in [0.2, 0.25) is 0 Å². The molecule has 1 aliphatic rings. The van der Waals surface area contributed by atoms with Gasteiger partial charge >= 0.3 is 0 Å². The molecule has 0 amide bonds. The number of rotatable bonds is 4. The summed E-state index contributed by atoms with van der Waals surface area (Å²) in [5.74, 6) is -1.91. The largest absolute Gasteiger partial charge is 0.346 e. The average molecular weight is 345 g/mol. The van der Waals surface area contributed by atoms with Gasteiger partial charge in [0.1, 0.15) is 16.5 Å². The second-order valence-corrected chi connectivity index (χ2v) is 7.50. The lowest BCUT2D eigenvalue weighted by Crippen LogP contribution is -2.37. The highest BCUT2D eigenvalue weighted by atomic mass is 32.2. The first-order chi connectivity index (χ1) is 10.5. The number of hydrogen-bond acceptors (Lipinski definition) is 5. The monoisotopic (exact) mass is 345 g/mol. The van der Waals surface area contributed by atoms with Crippen molar-refractivity contribution in [3.63, 3.8) is 0 Å². The first kappa shape index (κ1) is 15.3. The summed E-state index contributed by atoms with van der Waals surface area (Å²) in [5, 5.41) is 2.68. The summed E-state index contributed by atoms with van der Waals surface area (Å²) < 4.78 is 53.4. The molecular formula is C13H13F2N3O2S2. The van der Waals surface area contributed by atoms with Crippen LogP contribution in [-0.2, 0) is 10.0 Å². The van der Waals surface area contributed by atoms with Gasteiger partial charge in [-0.3, -0.25) is 0 Å². The van der Waals surface area contributed by atoms with Gasteiger partial charge in [0.2, 0.25) is 10.0 Å². The van der Waals surface area contributed by atoms with Crippen LogP contribution in [0.15, 0.2) is 34.7 Å². The third-order valence-corrected chi connectivity index (χ3v) is 5.77. The molecule has 1 fully saturated rings. The van der Waals surface area contributed by atoms with Gasteiger partial charge < -0.3 is 4.90 Å². The molecule has 1 aromatic carbocycles. The molecule has 0 bridgehead atoms. The van der Waals surface area contributed by atoms with E-state index in [-0.39, 0.29) is 6.04 Å². The zero-order chi connectivity index (χ0) is 15.7. The van der Waals surface area contributed by atoms with Gasteiger partial charge in [-0.1, -0.05) is 0 Å². The third-order valence-electron chi connectivity index (χ3n) is 3.38. The summed E-state index contributed by atoms with van der Waals surface area (Å²) in [5.41, 5.74) is 0. The Hall–Kier alpha value is -1.58. The lowest BCUT2D eigenvalue weighted by molar-refractivity contribution is 0.534. The van der Waals surface area contributed by atoms with Gasteiger partial charge in [-0.15, -0.1) is 11.3 Å². The minimum atomic E-state index is -4.02. The molecule has 1 N–H and O–H groups in total. The summed E-state index contributed by atoms with van der Waals surface area (Å²) in [7, 11) is -4.02. The molecule has 2 heterocycles. The predicted octanol–water partition coefficient (Wildman–Crippen LogP) is 1.98. The molecule has 2 aromatic rings. The summed E-state index contributed by atoms with van der Waals surface area (Å²) in [4.78, 5) is 5.61. The van der Waals surface area contributed by atoms with Gasteiger partial charge in [-0.25, -0.2) is 26.9 Å². The molecular weight excluding hydrogens is 332 g/mol. The van der Waals surface area contributed by atoms with Crippen molar-refractivity contribution in [3.05, 3.63) is 41.4 Å². The minimum absolute atomic E-state index is 0.335. The summed E-state index contributed by atoms with van der Waals surface area (Å²) in [6.45, 7) is 1.14. The SMILES string of the molecule is O=S(=O)(NC1CCN(c2nccs2)C1)c1ccc(F)cc1F. The van der Waals surface area contributed by atoms with Gasteiger partial charge in [-0.05, 0) is 18.6 Å². The van der Waals surface area contributed by atoms with Crippen LogP contribution < -0.4 is 9.62 Å². The fraction of sp³-hybridized carbons (Fsp3) is 0.308. The lowest BCUT2D eigenvalue weighted by Gasteiger charge is -2.16. The number of sulfonamides is 1. The predicted molar refractivity (Wildman–Crippen MR) is 79.4 cm³/mol. The van der Waals surface area contributed by atoms with E-state index in [1.54, 1.807) is 6.20 Å². The van der Waals surface area contributed by atoms with E-state index >= 15 is 0 Å². The Kier molecular flexibility index (Phi) is 4.11. The molecule has 5 nitrogen and oxygen atoms in total. The van der Waals surface area contributed by atoms with E-state index in [9.17, 15) is 17.2 Å². The highest BCUT2D eigenvalue weighted by Gasteiger charge is 2.29. The summed E-state index contributed by atoms with van der Waals surface area (Å²) >= 11 is 1.48. The van der Waals surface area contributed by atoms with Gasteiger partial charge in [0.25, 0.3) is 0 Å². The maximum atomic E-state index is 13.6. The number of benzene rings is 1. The molecule has 1 aliphatic heterocycles. The smallest absolute Gasteiger partial charge is 0.243 e. The normalized spacial score (nSPS) is 18.8. The van der Waals surface area contributed by atoms with Crippen molar-refractivity contribution in [1.82, 2.24) is 9.71 Å². The van der Waals surface area contributed by atoms with Crippen LogP contribution in [0.5, 0.6) is 0 Å². The van der Waals surface area contributed by atoms with Crippen LogP contribution in [0, 0.1) is 11.6 Å². The van der Waals surface area contributed by atoms with Gasteiger partial charge in [0.15, 0.2) is 5.13 Å². The number of anilines is 1. The van der Waals surface area contributed by atoms with Crippen LogP contribution in [0.1, 0.15) is 6.42 Å². The molecule has 0 aliphatic carbocycles. The van der Waals surface area contributed by atoms with Gasteiger partial charge in [-0.2, -0.15) is 0 Å². The molecule has 3 rings (SSSR count). The maximum Gasteiger partial charge on any atom is 0.243 e. The fourth-order valence-electron chi connectivity index (χ4n) is 2.38. The highest BCUT2D eigenvalue weighted by molar-refractivity contribution is 7.89. The number of thiazole rings is 1. The minimum Gasteiger partial charge on any atom is -0.346 e. The Bertz CT molecular complexity index is 766. The summed E-state index contributed by atoms with van der Waals surface area (Å²) in [6, 6.07) is 2.08. The molecule has 0 radical (unpaired) electrons. The Morgan fingerprint density at radius 2 is 2.18 bits per heavy atom. The molecule has 1 atom stereocenters. The van der Waals surface area contributed by atoms with Crippen molar-refractivity contribution in [2.45, 2.75) is 17.4 Å². The van der Waals surface area contributed by atoms with E-state index in [2.05, 4.69) is 9.71 Å². The van der Waals surface area contributed by atoms with E-state index in [1.165, 1.54) is 11.3 Å². The lowest BCUT2D eigenvalue weighted by atomic mass is 10.3. The summed E-state index contributed by atoms with van der Waals surface area (Å²) in [6.07, 6.45) is 2.28. The molecule has 22 heavy (non-hydrogen) atoms. The molecule has 118 valence electrons.